The van der Waals surface area contributed by atoms with Crippen LogP contribution in [-0.2, 0) is 4.79 Å². The van der Waals surface area contributed by atoms with Crippen molar-refractivity contribution in [3.8, 4) is 0 Å². The van der Waals surface area contributed by atoms with E-state index in [1.165, 1.54) is 0 Å². The van der Waals surface area contributed by atoms with Crippen LogP contribution in [0.2, 0.25) is 0 Å². The standard InChI is InChI=1S/C3H5O2.CH3.U/c1-2-3(4)5;;/h1-2H2,(H,4,5);1H3;/q2*-1;+2. The number of carbonyl (C=O) groups is 1. The van der Waals surface area contributed by atoms with Crippen LogP contribution >= 0.6 is 0 Å². The molecule has 1 N–H and O–H groups in total. The molecule has 0 fully saturated rings. The van der Waals surface area contributed by atoms with Crippen LogP contribution in [0, 0.1) is 45.5 Å². The normalized spacial score (nSPS) is 5.29. The molecule has 40 valence electrons. The van der Waals surface area contributed by atoms with Gasteiger partial charge in [-0.1, -0.05) is 6.42 Å². The van der Waals surface area contributed by atoms with Crippen LogP contribution in [0.15, 0.2) is 0 Å². The van der Waals surface area contributed by atoms with E-state index in [0.29, 0.717) is 0 Å². The first-order chi connectivity index (χ1) is 2.27. The summed E-state index contributed by atoms with van der Waals surface area (Å²) in [7, 11) is 0. The minimum Gasteiger partial charge on any atom is -0.483 e. The monoisotopic (exact) mass is 326 g/mol. The van der Waals surface area contributed by atoms with Crippen molar-refractivity contribution in [2.45, 2.75) is 6.42 Å². The number of hydrogen-bond donors (Lipinski definition) is 1. The van der Waals surface area contributed by atoms with Crippen LogP contribution in [0.5, 0.6) is 0 Å². The van der Waals surface area contributed by atoms with Crippen LogP contribution in [0.3, 0.4) is 0 Å². The van der Waals surface area contributed by atoms with Crippen LogP contribution < -0.4 is 0 Å². The summed E-state index contributed by atoms with van der Waals surface area (Å²) in [5.41, 5.74) is 0. The van der Waals surface area contributed by atoms with Gasteiger partial charge in [0.15, 0.2) is 0 Å². The van der Waals surface area contributed by atoms with Gasteiger partial charge in [0, 0.05) is 0 Å². The van der Waals surface area contributed by atoms with E-state index in [-0.39, 0.29) is 45.0 Å². The molecule has 0 aliphatic heterocycles. The molecular formula is C4H8O2U. The first kappa shape index (κ1) is 15.6. The maximum atomic E-state index is 9.31. The second kappa shape index (κ2) is 9.73. The molecule has 2 nitrogen and oxygen atoms in total. The first-order valence-corrected chi connectivity index (χ1v) is 1.28. The van der Waals surface area contributed by atoms with Crippen molar-refractivity contribution in [3.05, 3.63) is 14.4 Å². The van der Waals surface area contributed by atoms with Gasteiger partial charge in [-0.15, -0.1) is 0 Å². The third-order valence-electron chi connectivity index (χ3n) is 0.214. The SMILES string of the molecule is [CH2-]CC(=O)O.[CH3-].[U+2]. The van der Waals surface area contributed by atoms with Gasteiger partial charge in [0.2, 0.25) is 0 Å². The Morgan fingerprint density at radius 2 is 1.86 bits per heavy atom. The van der Waals surface area contributed by atoms with Crippen molar-refractivity contribution in [1.82, 2.24) is 0 Å². The molecule has 0 unspecified atom stereocenters. The van der Waals surface area contributed by atoms with Crippen molar-refractivity contribution in [2.24, 2.45) is 0 Å². The van der Waals surface area contributed by atoms with Crippen LogP contribution in [-0.4, -0.2) is 11.1 Å². The second-order valence-corrected chi connectivity index (χ2v) is 0.644. The number of hydrogen-bond acceptors (Lipinski definition) is 1. The molecule has 0 aromatic carbocycles. The quantitative estimate of drug-likeness (QED) is 0.722. The van der Waals surface area contributed by atoms with E-state index in [9.17, 15) is 4.79 Å². The van der Waals surface area contributed by atoms with E-state index in [1.54, 1.807) is 0 Å². The predicted octanol–water partition coefficient (Wildman–Crippen LogP) is 0.745. The largest absolute Gasteiger partial charge is 2.00 e. The Labute approximate surface area is 67.7 Å². The predicted molar refractivity (Wildman–Crippen MR) is 24.0 cm³/mol. The van der Waals surface area contributed by atoms with E-state index in [4.69, 9.17) is 5.11 Å². The smallest absolute Gasteiger partial charge is 0.483 e. The molecule has 0 spiro atoms. The van der Waals surface area contributed by atoms with Gasteiger partial charge >= 0.3 is 31.1 Å². The summed E-state index contributed by atoms with van der Waals surface area (Å²) < 4.78 is 0. The Morgan fingerprint density at radius 3 is 1.86 bits per heavy atom. The minimum absolute atomic E-state index is 0. The summed E-state index contributed by atoms with van der Waals surface area (Å²) in [6.45, 7) is 3.09. The van der Waals surface area contributed by atoms with Gasteiger partial charge in [-0.3, -0.25) is 4.79 Å². The third kappa shape index (κ3) is 21.0. The van der Waals surface area contributed by atoms with Crippen molar-refractivity contribution >= 4 is 5.97 Å². The van der Waals surface area contributed by atoms with Gasteiger partial charge in [0.1, 0.15) is 0 Å². The summed E-state index contributed by atoms with van der Waals surface area (Å²) in [6, 6.07) is 0. The summed E-state index contributed by atoms with van der Waals surface area (Å²) in [5, 5.41) is 7.66. The van der Waals surface area contributed by atoms with Gasteiger partial charge in [-0.25, -0.2) is 0 Å². The molecule has 0 bridgehead atoms. The number of carboxylic acids is 1. The Kier molecular flexibility index (Phi) is 21.7. The first-order valence-electron chi connectivity index (χ1n) is 1.28. The molecule has 0 heterocycles. The Hall–Kier alpha value is 0.522. The summed E-state index contributed by atoms with van der Waals surface area (Å²) in [5.74, 6) is -0.856. The molecule has 0 saturated heterocycles. The Bertz CT molecular complexity index is 45.0. The van der Waals surface area contributed by atoms with E-state index in [1.807, 2.05) is 0 Å². The molecule has 0 atom stereocenters. The van der Waals surface area contributed by atoms with Crippen LogP contribution in [0.1, 0.15) is 6.42 Å². The fourth-order valence-corrected chi connectivity index (χ4v) is 0. The van der Waals surface area contributed by atoms with Gasteiger partial charge in [-0.05, 0) is 0 Å². The zero-order chi connectivity index (χ0) is 4.28. The van der Waals surface area contributed by atoms with Crippen molar-refractivity contribution in [3.63, 3.8) is 0 Å². The average Bonchev–Trinajstić information content (AvgIpc) is 1.38. The summed E-state index contributed by atoms with van der Waals surface area (Å²) in [4.78, 5) is 9.31. The minimum atomic E-state index is -0.856. The van der Waals surface area contributed by atoms with E-state index in [0.717, 1.165) is 0 Å². The molecule has 0 saturated carbocycles. The van der Waals surface area contributed by atoms with E-state index in [2.05, 4.69) is 6.92 Å². The number of carboxylic acid groups (broad SMARTS) is 1. The number of aliphatic carboxylic acids is 1. The van der Waals surface area contributed by atoms with Gasteiger partial charge in [-0.2, -0.15) is 0 Å². The maximum absolute atomic E-state index is 9.31. The van der Waals surface area contributed by atoms with Gasteiger partial charge in [0.05, 0.1) is 0 Å². The van der Waals surface area contributed by atoms with Gasteiger partial charge in [0.25, 0.3) is 5.97 Å². The molecule has 0 aromatic rings. The molecule has 0 aromatic heterocycles. The topological polar surface area (TPSA) is 37.3 Å². The zero-order valence-corrected chi connectivity index (χ0v) is 8.43. The second-order valence-electron chi connectivity index (χ2n) is 0.644. The van der Waals surface area contributed by atoms with Crippen molar-refractivity contribution in [2.75, 3.05) is 0 Å². The van der Waals surface area contributed by atoms with E-state index < -0.39 is 5.97 Å². The molecule has 0 aliphatic carbocycles. The van der Waals surface area contributed by atoms with Crippen LogP contribution in [0.4, 0.5) is 0 Å². The molecule has 7 heavy (non-hydrogen) atoms. The Morgan fingerprint density at radius 1 is 1.71 bits per heavy atom. The fraction of sp³-hybridized carbons (Fsp3) is 0.250. The fourth-order valence-electron chi connectivity index (χ4n) is 0. The molecule has 0 amide bonds. The molecule has 0 radical (unpaired) electrons. The Balaban J connectivity index is -0.0000000800. The summed E-state index contributed by atoms with van der Waals surface area (Å²) in [6.07, 6.45) is -0.0278. The molecule has 3 heteroatoms. The zero-order valence-electron chi connectivity index (χ0n) is 4.27. The molecular weight excluding hydrogens is 318 g/mol. The van der Waals surface area contributed by atoms with Gasteiger partial charge < -0.3 is 19.5 Å². The number of rotatable bonds is 1. The summed E-state index contributed by atoms with van der Waals surface area (Å²) >= 11 is 0. The van der Waals surface area contributed by atoms with E-state index >= 15 is 0 Å². The van der Waals surface area contributed by atoms with Crippen molar-refractivity contribution in [1.29, 1.82) is 0 Å². The molecule has 0 aliphatic rings. The maximum Gasteiger partial charge on any atom is 2.00 e. The van der Waals surface area contributed by atoms with Crippen molar-refractivity contribution < 1.29 is 41.0 Å². The third-order valence-corrected chi connectivity index (χ3v) is 0.214. The van der Waals surface area contributed by atoms with Crippen LogP contribution in [0.25, 0.3) is 0 Å². The average molecular weight is 326 g/mol. The molecule has 0 rings (SSSR count).